The Morgan fingerprint density at radius 1 is 1.32 bits per heavy atom. The second-order valence-electron chi connectivity index (χ2n) is 4.59. The van der Waals surface area contributed by atoms with Crippen LogP contribution in [0, 0.1) is 6.92 Å². The summed E-state index contributed by atoms with van der Waals surface area (Å²) in [5.41, 5.74) is 2.93. The molecule has 1 amide bonds. The summed E-state index contributed by atoms with van der Waals surface area (Å²) in [5.74, 6) is -0.0820. The number of nitrogens with zero attached hydrogens (tertiary/aromatic N) is 1. The van der Waals surface area contributed by atoms with E-state index in [1.165, 1.54) is 5.56 Å². The maximum Gasteiger partial charge on any atom is 0.253 e. The highest BCUT2D eigenvalue weighted by Crippen LogP contribution is 2.18. The number of carbonyl (C=O) groups excluding carboxylic acids is 1. The number of aromatic nitrogens is 1. The van der Waals surface area contributed by atoms with Gasteiger partial charge in [0.25, 0.3) is 5.91 Å². The Bertz CT molecular complexity index is 552. The summed E-state index contributed by atoms with van der Waals surface area (Å²) >= 11 is 0. The largest absolute Gasteiger partial charge is 0.345 e. The molecule has 1 aromatic heterocycles. The molecule has 1 unspecified atom stereocenters. The van der Waals surface area contributed by atoms with Gasteiger partial charge >= 0.3 is 0 Å². The van der Waals surface area contributed by atoms with Gasteiger partial charge in [-0.3, -0.25) is 9.78 Å². The van der Waals surface area contributed by atoms with Gasteiger partial charge < -0.3 is 5.32 Å². The Morgan fingerprint density at radius 2 is 2.16 bits per heavy atom. The molecule has 0 saturated heterocycles. The number of aryl methyl sites for hydroxylation is 1. The fourth-order valence-corrected chi connectivity index (χ4v) is 2.05. The number of carbonyl (C=O) groups is 1. The zero-order valence-electron chi connectivity index (χ0n) is 11.3. The van der Waals surface area contributed by atoms with Crippen LogP contribution in [0.4, 0.5) is 0 Å². The SMILES string of the molecule is CCC(NC(=O)c1cccnc1)c1cccc(C)c1. The maximum atomic E-state index is 12.1. The number of rotatable bonds is 4. The molecule has 0 radical (unpaired) electrons. The minimum Gasteiger partial charge on any atom is -0.345 e. The van der Waals surface area contributed by atoms with Gasteiger partial charge in [0, 0.05) is 12.4 Å². The molecule has 0 aliphatic heterocycles. The molecule has 3 heteroatoms. The highest BCUT2D eigenvalue weighted by molar-refractivity contribution is 5.94. The van der Waals surface area contributed by atoms with Crippen molar-refractivity contribution in [1.82, 2.24) is 10.3 Å². The van der Waals surface area contributed by atoms with E-state index in [-0.39, 0.29) is 11.9 Å². The van der Waals surface area contributed by atoms with E-state index in [9.17, 15) is 4.79 Å². The number of benzene rings is 1. The van der Waals surface area contributed by atoms with E-state index in [0.29, 0.717) is 5.56 Å². The van der Waals surface area contributed by atoms with E-state index in [1.54, 1.807) is 24.5 Å². The molecular weight excluding hydrogens is 236 g/mol. The lowest BCUT2D eigenvalue weighted by atomic mass is 10.0. The Kier molecular flexibility index (Phi) is 4.29. The number of hydrogen-bond donors (Lipinski definition) is 1. The van der Waals surface area contributed by atoms with Gasteiger partial charge in [0.1, 0.15) is 0 Å². The van der Waals surface area contributed by atoms with Gasteiger partial charge in [0.15, 0.2) is 0 Å². The minimum atomic E-state index is -0.0820. The van der Waals surface area contributed by atoms with Crippen molar-refractivity contribution in [3.8, 4) is 0 Å². The minimum absolute atomic E-state index is 0.0348. The van der Waals surface area contributed by atoms with Crippen molar-refractivity contribution in [2.75, 3.05) is 0 Å². The van der Waals surface area contributed by atoms with Gasteiger partial charge in [-0.25, -0.2) is 0 Å². The molecule has 3 nitrogen and oxygen atoms in total. The van der Waals surface area contributed by atoms with E-state index in [0.717, 1.165) is 12.0 Å². The first-order valence-electron chi connectivity index (χ1n) is 6.48. The van der Waals surface area contributed by atoms with E-state index in [2.05, 4.69) is 36.3 Å². The highest BCUT2D eigenvalue weighted by Gasteiger charge is 2.14. The first-order valence-corrected chi connectivity index (χ1v) is 6.48. The fourth-order valence-electron chi connectivity index (χ4n) is 2.05. The lowest BCUT2D eigenvalue weighted by Gasteiger charge is -2.18. The van der Waals surface area contributed by atoms with Crippen LogP contribution in [0.2, 0.25) is 0 Å². The second-order valence-corrected chi connectivity index (χ2v) is 4.59. The van der Waals surface area contributed by atoms with Gasteiger partial charge in [0.2, 0.25) is 0 Å². The lowest BCUT2D eigenvalue weighted by molar-refractivity contribution is 0.0935. The number of nitrogens with one attached hydrogen (secondary N) is 1. The van der Waals surface area contributed by atoms with Crippen LogP contribution in [0.25, 0.3) is 0 Å². The van der Waals surface area contributed by atoms with Crippen molar-refractivity contribution in [3.63, 3.8) is 0 Å². The number of hydrogen-bond acceptors (Lipinski definition) is 2. The molecule has 19 heavy (non-hydrogen) atoms. The van der Waals surface area contributed by atoms with Gasteiger partial charge in [0.05, 0.1) is 11.6 Å². The van der Waals surface area contributed by atoms with Crippen molar-refractivity contribution in [2.45, 2.75) is 26.3 Å². The smallest absolute Gasteiger partial charge is 0.253 e. The van der Waals surface area contributed by atoms with Crippen molar-refractivity contribution in [1.29, 1.82) is 0 Å². The van der Waals surface area contributed by atoms with Crippen molar-refractivity contribution in [2.24, 2.45) is 0 Å². The lowest BCUT2D eigenvalue weighted by Crippen LogP contribution is -2.28. The van der Waals surface area contributed by atoms with Crippen LogP contribution in [0.3, 0.4) is 0 Å². The summed E-state index contributed by atoms with van der Waals surface area (Å²) < 4.78 is 0. The third-order valence-corrected chi connectivity index (χ3v) is 3.08. The molecule has 0 aliphatic carbocycles. The molecule has 2 rings (SSSR count). The number of amides is 1. The van der Waals surface area contributed by atoms with E-state index in [4.69, 9.17) is 0 Å². The van der Waals surface area contributed by atoms with Gasteiger partial charge in [-0.15, -0.1) is 0 Å². The van der Waals surface area contributed by atoms with Crippen molar-refractivity contribution in [3.05, 3.63) is 65.5 Å². The van der Waals surface area contributed by atoms with Crippen LogP contribution >= 0.6 is 0 Å². The van der Waals surface area contributed by atoms with Crippen molar-refractivity contribution < 1.29 is 4.79 Å². The van der Waals surface area contributed by atoms with Crippen LogP contribution in [0.1, 0.15) is 40.9 Å². The van der Waals surface area contributed by atoms with E-state index < -0.39 is 0 Å². The third-order valence-electron chi connectivity index (χ3n) is 3.08. The molecule has 0 aliphatic rings. The van der Waals surface area contributed by atoms with Gasteiger partial charge in [-0.1, -0.05) is 36.8 Å². The molecule has 0 spiro atoms. The summed E-state index contributed by atoms with van der Waals surface area (Å²) in [6, 6.07) is 11.8. The molecular formula is C16H18N2O. The van der Waals surface area contributed by atoms with Crippen molar-refractivity contribution >= 4 is 5.91 Å². The highest BCUT2D eigenvalue weighted by atomic mass is 16.1. The van der Waals surface area contributed by atoms with Crippen LogP contribution < -0.4 is 5.32 Å². The van der Waals surface area contributed by atoms with E-state index >= 15 is 0 Å². The molecule has 0 fully saturated rings. The zero-order valence-corrected chi connectivity index (χ0v) is 11.3. The summed E-state index contributed by atoms with van der Waals surface area (Å²) in [7, 11) is 0. The molecule has 1 aromatic carbocycles. The van der Waals surface area contributed by atoms with Gasteiger partial charge in [-0.2, -0.15) is 0 Å². The molecule has 1 atom stereocenters. The Labute approximate surface area is 113 Å². The molecule has 98 valence electrons. The fraction of sp³-hybridized carbons (Fsp3) is 0.250. The normalized spacial score (nSPS) is 11.9. The predicted molar refractivity (Wildman–Crippen MR) is 75.9 cm³/mol. The van der Waals surface area contributed by atoms with E-state index in [1.807, 2.05) is 12.1 Å². The van der Waals surface area contributed by atoms with Crippen LogP contribution in [-0.4, -0.2) is 10.9 Å². The van der Waals surface area contributed by atoms with Crippen LogP contribution in [0.5, 0.6) is 0 Å². The average molecular weight is 254 g/mol. The molecule has 0 bridgehead atoms. The Balaban J connectivity index is 2.14. The summed E-state index contributed by atoms with van der Waals surface area (Å²) in [5, 5.41) is 3.05. The molecule has 2 aromatic rings. The summed E-state index contributed by atoms with van der Waals surface area (Å²) in [4.78, 5) is 16.1. The Morgan fingerprint density at radius 3 is 2.79 bits per heavy atom. The molecule has 0 saturated carbocycles. The number of pyridine rings is 1. The second kappa shape index (κ2) is 6.14. The zero-order chi connectivity index (χ0) is 13.7. The summed E-state index contributed by atoms with van der Waals surface area (Å²) in [6.45, 7) is 4.12. The Hall–Kier alpha value is -2.16. The summed E-state index contributed by atoms with van der Waals surface area (Å²) in [6.07, 6.45) is 4.10. The first kappa shape index (κ1) is 13.3. The van der Waals surface area contributed by atoms with Crippen LogP contribution in [-0.2, 0) is 0 Å². The molecule has 1 heterocycles. The molecule has 1 N–H and O–H groups in total. The monoisotopic (exact) mass is 254 g/mol. The third kappa shape index (κ3) is 3.41. The average Bonchev–Trinajstić information content (AvgIpc) is 2.45. The quantitative estimate of drug-likeness (QED) is 0.909. The first-order chi connectivity index (χ1) is 9.20. The maximum absolute atomic E-state index is 12.1. The standard InChI is InChI=1S/C16H18N2O/c1-3-15(13-7-4-6-12(2)10-13)18-16(19)14-8-5-9-17-11-14/h4-11,15H,3H2,1-2H3,(H,18,19). The van der Waals surface area contributed by atoms with Gasteiger partial charge in [-0.05, 0) is 31.0 Å². The van der Waals surface area contributed by atoms with Crippen LogP contribution in [0.15, 0.2) is 48.8 Å². The topological polar surface area (TPSA) is 42.0 Å². The predicted octanol–water partition coefficient (Wildman–Crippen LogP) is 3.27.